The average Bonchev–Trinajstić information content (AvgIpc) is 2.31. The van der Waals surface area contributed by atoms with Gasteiger partial charge < -0.3 is 9.84 Å². The van der Waals surface area contributed by atoms with Crippen LogP contribution in [0.4, 0.5) is 8.78 Å². The standard InChI is InChI=1S/C13H11F2NO3/c1-6-9(5-19-2)11(13(17)18)8-3-7(14)4-10(15)12(8)16-6/h3-4H,5H2,1-2H3,(H,17,18). The molecule has 100 valence electrons. The summed E-state index contributed by atoms with van der Waals surface area (Å²) in [5.74, 6) is -3.00. The van der Waals surface area contributed by atoms with Gasteiger partial charge in [0.25, 0.3) is 0 Å². The number of methoxy groups -OCH3 is 1. The van der Waals surface area contributed by atoms with Gasteiger partial charge in [-0.3, -0.25) is 0 Å². The number of pyridine rings is 1. The minimum Gasteiger partial charge on any atom is -0.478 e. The molecular formula is C13H11F2NO3. The van der Waals surface area contributed by atoms with Crippen LogP contribution in [0.15, 0.2) is 12.1 Å². The summed E-state index contributed by atoms with van der Waals surface area (Å²) in [4.78, 5) is 15.4. The number of aromatic carboxylic acids is 1. The number of aryl methyl sites for hydroxylation is 1. The quantitative estimate of drug-likeness (QED) is 0.928. The molecular weight excluding hydrogens is 256 g/mol. The highest BCUT2D eigenvalue weighted by Crippen LogP contribution is 2.27. The Bertz CT molecular complexity index is 671. The zero-order valence-corrected chi connectivity index (χ0v) is 10.3. The summed E-state index contributed by atoms with van der Waals surface area (Å²) in [6.07, 6.45) is 0. The molecule has 0 fully saturated rings. The highest BCUT2D eigenvalue weighted by atomic mass is 19.1. The predicted octanol–water partition coefficient (Wildman–Crippen LogP) is 2.67. The first-order chi connectivity index (χ1) is 8.95. The van der Waals surface area contributed by atoms with Gasteiger partial charge in [0.2, 0.25) is 0 Å². The molecule has 1 N–H and O–H groups in total. The normalized spacial score (nSPS) is 10.9. The van der Waals surface area contributed by atoms with Crippen LogP contribution in [-0.4, -0.2) is 23.2 Å². The Morgan fingerprint density at radius 2 is 2.11 bits per heavy atom. The average molecular weight is 267 g/mol. The molecule has 0 spiro atoms. The molecule has 1 aromatic heterocycles. The Balaban J connectivity index is 2.94. The van der Waals surface area contributed by atoms with Crippen molar-refractivity contribution in [2.24, 2.45) is 0 Å². The molecule has 2 rings (SSSR count). The zero-order chi connectivity index (χ0) is 14.2. The summed E-state index contributed by atoms with van der Waals surface area (Å²) >= 11 is 0. The third-order valence-corrected chi connectivity index (χ3v) is 2.82. The summed E-state index contributed by atoms with van der Waals surface area (Å²) in [6.45, 7) is 1.57. The maximum absolute atomic E-state index is 13.7. The lowest BCUT2D eigenvalue weighted by Crippen LogP contribution is -2.09. The molecule has 6 heteroatoms. The maximum Gasteiger partial charge on any atom is 0.336 e. The van der Waals surface area contributed by atoms with Crippen LogP contribution in [-0.2, 0) is 11.3 Å². The molecule has 0 amide bonds. The van der Waals surface area contributed by atoms with E-state index in [0.29, 0.717) is 17.3 Å². The Labute approximate surface area is 107 Å². The Morgan fingerprint density at radius 1 is 1.42 bits per heavy atom. The van der Waals surface area contributed by atoms with Crippen LogP contribution >= 0.6 is 0 Å². The number of hydrogen-bond acceptors (Lipinski definition) is 3. The molecule has 0 aliphatic rings. The molecule has 19 heavy (non-hydrogen) atoms. The van der Waals surface area contributed by atoms with E-state index in [9.17, 15) is 18.7 Å². The van der Waals surface area contributed by atoms with Crippen molar-refractivity contribution in [2.75, 3.05) is 7.11 Å². The van der Waals surface area contributed by atoms with E-state index in [0.717, 1.165) is 6.07 Å². The second-order valence-electron chi connectivity index (χ2n) is 4.07. The van der Waals surface area contributed by atoms with Crippen molar-refractivity contribution in [3.63, 3.8) is 0 Å². The number of rotatable bonds is 3. The molecule has 4 nitrogen and oxygen atoms in total. The maximum atomic E-state index is 13.7. The lowest BCUT2D eigenvalue weighted by Gasteiger charge is -2.12. The SMILES string of the molecule is COCc1c(C)nc2c(F)cc(F)cc2c1C(=O)O. The van der Waals surface area contributed by atoms with Gasteiger partial charge >= 0.3 is 5.97 Å². The number of carboxylic acids is 1. The second-order valence-corrected chi connectivity index (χ2v) is 4.07. The fraction of sp³-hybridized carbons (Fsp3) is 0.231. The van der Waals surface area contributed by atoms with E-state index in [1.807, 2.05) is 0 Å². The predicted molar refractivity (Wildman–Crippen MR) is 64.1 cm³/mol. The van der Waals surface area contributed by atoms with Crippen molar-refractivity contribution in [1.82, 2.24) is 4.98 Å². The highest BCUT2D eigenvalue weighted by molar-refractivity contribution is 6.04. The number of ether oxygens (including phenoxy) is 1. The van der Waals surface area contributed by atoms with Gasteiger partial charge in [-0.25, -0.2) is 18.6 Å². The minimum absolute atomic E-state index is 0.00847. The van der Waals surface area contributed by atoms with E-state index in [4.69, 9.17) is 4.74 Å². The van der Waals surface area contributed by atoms with Crippen LogP contribution in [0.2, 0.25) is 0 Å². The lowest BCUT2D eigenvalue weighted by atomic mass is 10.0. The summed E-state index contributed by atoms with van der Waals surface area (Å²) in [7, 11) is 1.40. The number of nitrogens with zero attached hydrogens (tertiary/aromatic N) is 1. The van der Waals surface area contributed by atoms with Gasteiger partial charge in [-0.05, 0) is 13.0 Å². The first-order valence-corrected chi connectivity index (χ1v) is 5.46. The van der Waals surface area contributed by atoms with Gasteiger partial charge in [-0.1, -0.05) is 0 Å². The van der Waals surface area contributed by atoms with E-state index in [2.05, 4.69) is 4.98 Å². The third-order valence-electron chi connectivity index (χ3n) is 2.82. The van der Waals surface area contributed by atoms with Crippen molar-refractivity contribution >= 4 is 16.9 Å². The number of carbonyl (C=O) groups is 1. The van der Waals surface area contributed by atoms with Gasteiger partial charge in [0.1, 0.15) is 11.3 Å². The van der Waals surface area contributed by atoms with E-state index in [-0.39, 0.29) is 23.1 Å². The summed E-state index contributed by atoms with van der Waals surface area (Å²) in [6, 6.07) is 1.64. The van der Waals surface area contributed by atoms with Crippen LogP contribution < -0.4 is 0 Å². The topological polar surface area (TPSA) is 59.4 Å². The number of aromatic nitrogens is 1. The number of carboxylic acid groups (broad SMARTS) is 1. The molecule has 0 aliphatic carbocycles. The van der Waals surface area contributed by atoms with Gasteiger partial charge in [-0.15, -0.1) is 0 Å². The number of fused-ring (bicyclic) bond motifs is 1. The number of benzene rings is 1. The first-order valence-electron chi connectivity index (χ1n) is 5.46. The molecule has 0 atom stereocenters. The summed E-state index contributed by atoms with van der Waals surface area (Å²) < 4.78 is 31.8. The smallest absolute Gasteiger partial charge is 0.336 e. The second kappa shape index (κ2) is 4.89. The summed E-state index contributed by atoms with van der Waals surface area (Å²) in [5, 5.41) is 9.20. The largest absolute Gasteiger partial charge is 0.478 e. The van der Waals surface area contributed by atoms with Crippen LogP contribution in [0.3, 0.4) is 0 Å². The van der Waals surface area contributed by atoms with Gasteiger partial charge in [0, 0.05) is 29.8 Å². The van der Waals surface area contributed by atoms with Crippen molar-refractivity contribution in [2.45, 2.75) is 13.5 Å². The van der Waals surface area contributed by atoms with Crippen LogP contribution in [0.25, 0.3) is 10.9 Å². The minimum atomic E-state index is -1.27. The van der Waals surface area contributed by atoms with Crippen molar-refractivity contribution in [3.05, 3.63) is 40.6 Å². The number of halogens is 2. The van der Waals surface area contributed by atoms with Crippen LogP contribution in [0.5, 0.6) is 0 Å². The van der Waals surface area contributed by atoms with Crippen molar-refractivity contribution in [1.29, 1.82) is 0 Å². The fourth-order valence-electron chi connectivity index (χ4n) is 2.01. The molecule has 2 aromatic rings. The van der Waals surface area contributed by atoms with Gasteiger partial charge in [0.15, 0.2) is 5.82 Å². The fourth-order valence-corrected chi connectivity index (χ4v) is 2.01. The molecule has 0 radical (unpaired) electrons. The van der Waals surface area contributed by atoms with E-state index >= 15 is 0 Å². The highest BCUT2D eigenvalue weighted by Gasteiger charge is 2.20. The van der Waals surface area contributed by atoms with E-state index in [1.165, 1.54) is 7.11 Å². The van der Waals surface area contributed by atoms with Gasteiger partial charge in [-0.2, -0.15) is 0 Å². The Morgan fingerprint density at radius 3 is 2.68 bits per heavy atom. The van der Waals surface area contributed by atoms with Crippen LogP contribution in [0.1, 0.15) is 21.6 Å². The Hall–Kier alpha value is -2.08. The first kappa shape index (κ1) is 13.4. The molecule has 0 bridgehead atoms. The van der Waals surface area contributed by atoms with Gasteiger partial charge in [0.05, 0.1) is 12.2 Å². The Kier molecular flexibility index (Phi) is 3.44. The lowest BCUT2D eigenvalue weighted by molar-refractivity contribution is 0.0694. The molecule has 0 saturated heterocycles. The third kappa shape index (κ3) is 2.26. The molecule has 0 unspecified atom stereocenters. The number of hydrogen-bond donors (Lipinski definition) is 1. The van der Waals surface area contributed by atoms with Crippen LogP contribution in [0, 0.1) is 18.6 Å². The van der Waals surface area contributed by atoms with E-state index in [1.54, 1.807) is 6.92 Å². The van der Waals surface area contributed by atoms with E-state index < -0.39 is 17.6 Å². The molecule has 0 aliphatic heterocycles. The zero-order valence-electron chi connectivity index (χ0n) is 10.3. The van der Waals surface area contributed by atoms with Crippen molar-refractivity contribution < 1.29 is 23.4 Å². The molecule has 1 aromatic carbocycles. The molecule has 1 heterocycles. The molecule has 0 saturated carbocycles. The summed E-state index contributed by atoms with van der Waals surface area (Å²) in [5.41, 5.74) is 0.323. The van der Waals surface area contributed by atoms with Crippen molar-refractivity contribution in [3.8, 4) is 0 Å². The monoisotopic (exact) mass is 267 g/mol.